The van der Waals surface area contributed by atoms with Crippen molar-refractivity contribution in [3.8, 4) is 0 Å². The summed E-state index contributed by atoms with van der Waals surface area (Å²) in [5.41, 5.74) is 0. The first-order valence-corrected chi connectivity index (χ1v) is 6.92. The van der Waals surface area contributed by atoms with Crippen LogP contribution in [0.3, 0.4) is 0 Å². The molecule has 94 valence electrons. The summed E-state index contributed by atoms with van der Waals surface area (Å²) in [4.78, 5) is 2.47. The van der Waals surface area contributed by atoms with Crippen molar-refractivity contribution in [1.82, 2.24) is 15.5 Å². The zero-order valence-electron chi connectivity index (χ0n) is 10.8. The molecule has 2 saturated heterocycles. The van der Waals surface area contributed by atoms with Crippen LogP contribution in [0.25, 0.3) is 0 Å². The fourth-order valence-electron chi connectivity index (χ4n) is 2.88. The van der Waals surface area contributed by atoms with Gasteiger partial charge in [-0.15, -0.1) is 0 Å². The Morgan fingerprint density at radius 2 is 2.19 bits per heavy atom. The van der Waals surface area contributed by atoms with Crippen LogP contribution in [0.1, 0.15) is 39.0 Å². The van der Waals surface area contributed by atoms with Crippen molar-refractivity contribution in [1.29, 1.82) is 0 Å². The second-order valence-electron chi connectivity index (χ2n) is 5.61. The summed E-state index contributed by atoms with van der Waals surface area (Å²) in [6, 6.07) is 2.21. The van der Waals surface area contributed by atoms with Crippen LogP contribution in [0.5, 0.6) is 0 Å². The van der Waals surface area contributed by atoms with Crippen LogP contribution in [-0.4, -0.2) is 49.7 Å². The van der Waals surface area contributed by atoms with Gasteiger partial charge in [0.15, 0.2) is 0 Å². The highest BCUT2D eigenvalue weighted by Gasteiger charge is 2.23. The Hall–Kier alpha value is -0.120. The zero-order chi connectivity index (χ0) is 11.4. The Labute approximate surface area is 100.0 Å². The van der Waals surface area contributed by atoms with Gasteiger partial charge in [0.05, 0.1) is 0 Å². The maximum atomic E-state index is 3.75. The summed E-state index contributed by atoms with van der Waals surface area (Å²) in [7, 11) is 2.24. The van der Waals surface area contributed by atoms with Gasteiger partial charge in [0.25, 0.3) is 0 Å². The maximum Gasteiger partial charge on any atom is 0.0192 e. The van der Waals surface area contributed by atoms with Crippen LogP contribution in [0, 0.1) is 0 Å². The summed E-state index contributed by atoms with van der Waals surface area (Å²) in [6.45, 7) is 5.97. The first kappa shape index (κ1) is 12.3. The summed E-state index contributed by atoms with van der Waals surface area (Å²) >= 11 is 0. The smallest absolute Gasteiger partial charge is 0.0192 e. The lowest BCUT2D eigenvalue weighted by Gasteiger charge is -2.36. The monoisotopic (exact) mass is 225 g/mol. The second kappa shape index (κ2) is 5.99. The molecule has 0 aromatic heterocycles. The Bertz CT molecular complexity index is 201. The molecule has 3 heteroatoms. The Balaban J connectivity index is 1.65. The molecule has 2 aliphatic heterocycles. The highest BCUT2D eigenvalue weighted by Crippen LogP contribution is 2.15. The molecular formula is C13H27N3. The fourth-order valence-corrected chi connectivity index (χ4v) is 2.88. The number of nitrogens with zero attached hydrogens (tertiary/aromatic N) is 1. The second-order valence-corrected chi connectivity index (χ2v) is 5.61. The van der Waals surface area contributed by atoms with Crippen LogP contribution in [0.2, 0.25) is 0 Å². The van der Waals surface area contributed by atoms with Crippen molar-refractivity contribution in [2.24, 2.45) is 0 Å². The van der Waals surface area contributed by atoms with Gasteiger partial charge in [-0.1, -0.05) is 6.42 Å². The van der Waals surface area contributed by atoms with Gasteiger partial charge < -0.3 is 15.5 Å². The molecule has 0 aromatic rings. The SMILES string of the molecule is CC1CC(NCC2CCCCN2)CCN1C. The first-order valence-electron chi connectivity index (χ1n) is 6.92. The van der Waals surface area contributed by atoms with E-state index in [9.17, 15) is 0 Å². The predicted molar refractivity (Wildman–Crippen MR) is 68.8 cm³/mol. The lowest BCUT2D eigenvalue weighted by atomic mass is 9.98. The Kier molecular flexibility index (Phi) is 4.62. The molecule has 16 heavy (non-hydrogen) atoms. The molecule has 3 nitrogen and oxygen atoms in total. The number of hydrogen-bond acceptors (Lipinski definition) is 3. The van der Waals surface area contributed by atoms with E-state index in [2.05, 4.69) is 29.5 Å². The molecule has 2 rings (SSSR count). The van der Waals surface area contributed by atoms with Crippen LogP contribution in [0.4, 0.5) is 0 Å². The van der Waals surface area contributed by atoms with Crippen molar-refractivity contribution in [2.75, 3.05) is 26.7 Å². The van der Waals surface area contributed by atoms with E-state index in [0.717, 1.165) is 18.1 Å². The van der Waals surface area contributed by atoms with Crippen LogP contribution in [-0.2, 0) is 0 Å². The van der Waals surface area contributed by atoms with E-state index in [1.807, 2.05) is 0 Å². The van der Waals surface area contributed by atoms with E-state index < -0.39 is 0 Å². The van der Waals surface area contributed by atoms with Crippen molar-refractivity contribution in [2.45, 2.75) is 57.2 Å². The van der Waals surface area contributed by atoms with Gasteiger partial charge in [0.1, 0.15) is 0 Å². The molecule has 0 spiro atoms. The summed E-state index contributed by atoms with van der Waals surface area (Å²) in [5.74, 6) is 0. The minimum Gasteiger partial charge on any atom is -0.313 e. The number of piperidine rings is 2. The van der Waals surface area contributed by atoms with Gasteiger partial charge in [-0.3, -0.25) is 0 Å². The van der Waals surface area contributed by atoms with E-state index in [-0.39, 0.29) is 0 Å². The van der Waals surface area contributed by atoms with Gasteiger partial charge in [0.2, 0.25) is 0 Å². The van der Waals surface area contributed by atoms with Crippen molar-refractivity contribution >= 4 is 0 Å². The summed E-state index contributed by atoms with van der Waals surface area (Å²) in [6.07, 6.45) is 6.75. The van der Waals surface area contributed by atoms with Crippen LogP contribution >= 0.6 is 0 Å². The topological polar surface area (TPSA) is 27.3 Å². The Morgan fingerprint density at radius 1 is 1.31 bits per heavy atom. The van der Waals surface area contributed by atoms with E-state index in [1.54, 1.807) is 0 Å². The third-order valence-corrected chi connectivity index (χ3v) is 4.27. The highest BCUT2D eigenvalue weighted by atomic mass is 15.1. The molecule has 0 radical (unpaired) electrons. The number of nitrogens with one attached hydrogen (secondary N) is 2. The van der Waals surface area contributed by atoms with Gasteiger partial charge in [-0.05, 0) is 52.7 Å². The van der Waals surface area contributed by atoms with E-state index in [4.69, 9.17) is 0 Å². The normalized spacial score (nSPS) is 37.5. The molecule has 2 heterocycles. The average molecular weight is 225 g/mol. The van der Waals surface area contributed by atoms with E-state index in [1.165, 1.54) is 51.7 Å². The molecule has 3 unspecified atom stereocenters. The van der Waals surface area contributed by atoms with E-state index in [0.29, 0.717) is 0 Å². The molecule has 2 aliphatic rings. The highest BCUT2D eigenvalue weighted by molar-refractivity contribution is 4.83. The molecule has 0 aromatic carbocycles. The van der Waals surface area contributed by atoms with E-state index >= 15 is 0 Å². The largest absolute Gasteiger partial charge is 0.313 e. The molecule has 3 atom stereocenters. The first-order chi connectivity index (χ1) is 7.75. The van der Waals surface area contributed by atoms with Gasteiger partial charge >= 0.3 is 0 Å². The Morgan fingerprint density at radius 3 is 2.88 bits per heavy atom. The minimum absolute atomic E-state index is 0.726. The lowest BCUT2D eigenvalue weighted by Crippen LogP contribution is -2.49. The predicted octanol–water partition coefficient (Wildman–Crippen LogP) is 1.20. The van der Waals surface area contributed by atoms with Crippen LogP contribution < -0.4 is 10.6 Å². The lowest BCUT2D eigenvalue weighted by molar-refractivity contribution is 0.166. The van der Waals surface area contributed by atoms with Crippen molar-refractivity contribution in [3.63, 3.8) is 0 Å². The summed E-state index contributed by atoms with van der Waals surface area (Å²) < 4.78 is 0. The van der Waals surface area contributed by atoms with Crippen molar-refractivity contribution < 1.29 is 0 Å². The fraction of sp³-hybridized carbons (Fsp3) is 1.00. The van der Waals surface area contributed by atoms with Crippen molar-refractivity contribution in [3.05, 3.63) is 0 Å². The standard InChI is InChI=1S/C13H27N3/c1-11-9-12(6-8-16(11)2)15-10-13-5-3-4-7-14-13/h11-15H,3-10H2,1-2H3. The molecule has 0 aliphatic carbocycles. The third kappa shape index (κ3) is 3.44. The molecule has 0 bridgehead atoms. The average Bonchev–Trinajstić information content (AvgIpc) is 2.32. The van der Waals surface area contributed by atoms with Gasteiger partial charge in [-0.25, -0.2) is 0 Å². The molecule has 2 fully saturated rings. The zero-order valence-corrected chi connectivity index (χ0v) is 10.8. The molecule has 2 N–H and O–H groups in total. The molecule has 0 amide bonds. The maximum absolute atomic E-state index is 3.75. The number of hydrogen-bond donors (Lipinski definition) is 2. The van der Waals surface area contributed by atoms with Gasteiger partial charge in [0, 0.05) is 24.7 Å². The van der Waals surface area contributed by atoms with Gasteiger partial charge in [-0.2, -0.15) is 0 Å². The molecule has 0 saturated carbocycles. The van der Waals surface area contributed by atoms with Crippen LogP contribution in [0.15, 0.2) is 0 Å². The third-order valence-electron chi connectivity index (χ3n) is 4.27. The number of rotatable bonds is 3. The number of likely N-dealkylation sites (tertiary alicyclic amines) is 1. The minimum atomic E-state index is 0.726. The summed E-state index contributed by atoms with van der Waals surface area (Å²) in [5, 5.41) is 7.36. The molecular weight excluding hydrogens is 198 g/mol. The quantitative estimate of drug-likeness (QED) is 0.756.